The van der Waals surface area contributed by atoms with Crippen LogP contribution in [0, 0.1) is 0 Å². The maximum atomic E-state index is 12.3. The molecule has 0 aliphatic carbocycles. The molecule has 0 unspecified atom stereocenters. The molecule has 1 aliphatic heterocycles. The van der Waals surface area contributed by atoms with Crippen LogP contribution in [0.15, 0.2) is 0 Å². The summed E-state index contributed by atoms with van der Waals surface area (Å²) in [5.74, 6) is -0.289. The summed E-state index contributed by atoms with van der Waals surface area (Å²) >= 11 is 0. The highest BCUT2D eigenvalue weighted by molar-refractivity contribution is 7.92. The second-order valence-corrected chi connectivity index (χ2v) is 8.45. The van der Waals surface area contributed by atoms with E-state index in [4.69, 9.17) is 0 Å². The van der Waals surface area contributed by atoms with Crippen molar-refractivity contribution < 1.29 is 13.2 Å². The molecule has 0 saturated carbocycles. The van der Waals surface area contributed by atoms with Crippen LogP contribution in [0.4, 0.5) is 0 Å². The molecule has 0 spiro atoms. The van der Waals surface area contributed by atoms with E-state index in [0.29, 0.717) is 13.1 Å². The number of piperidine rings is 1. The van der Waals surface area contributed by atoms with Gasteiger partial charge in [0, 0.05) is 24.9 Å². The molecule has 1 rings (SSSR count). The van der Waals surface area contributed by atoms with Gasteiger partial charge in [0.2, 0.25) is 5.91 Å². The van der Waals surface area contributed by atoms with Gasteiger partial charge in [-0.3, -0.25) is 4.79 Å². The quantitative estimate of drug-likeness (QED) is 0.811. The first-order valence-electron chi connectivity index (χ1n) is 6.21. The summed E-state index contributed by atoms with van der Waals surface area (Å²) in [7, 11) is -1.48. The molecule has 0 bridgehead atoms. The third-order valence-electron chi connectivity index (χ3n) is 4.20. The van der Waals surface area contributed by atoms with E-state index in [0.717, 1.165) is 19.1 Å². The van der Waals surface area contributed by atoms with Crippen molar-refractivity contribution in [2.45, 2.75) is 43.9 Å². The van der Waals surface area contributed by atoms with Gasteiger partial charge in [0.25, 0.3) is 0 Å². The summed E-state index contributed by atoms with van der Waals surface area (Å²) in [6.45, 7) is 6.30. The zero-order chi connectivity index (χ0) is 14.2. The lowest BCUT2D eigenvalue weighted by atomic mass is 9.89. The van der Waals surface area contributed by atoms with Gasteiger partial charge in [-0.05, 0) is 40.7 Å². The first-order chi connectivity index (χ1) is 8.03. The number of rotatable bonds is 3. The number of hydrogen-bond acceptors (Lipinski definition) is 4. The summed E-state index contributed by atoms with van der Waals surface area (Å²) in [6, 6.07) is 0. The molecule has 0 atom stereocenters. The molecule has 1 fully saturated rings. The lowest BCUT2D eigenvalue weighted by molar-refractivity contribution is -0.134. The van der Waals surface area contributed by atoms with Crippen molar-refractivity contribution in [2.75, 3.05) is 26.4 Å². The fourth-order valence-corrected chi connectivity index (χ4v) is 2.44. The van der Waals surface area contributed by atoms with Crippen LogP contribution in [0.3, 0.4) is 0 Å². The Kier molecular flexibility index (Phi) is 4.13. The maximum absolute atomic E-state index is 12.3. The van der Waals surface area contributed by atoms with Crippen LogP contribution < -0.4 is 5.32 Å². The first kappa shape index (κ1) is 15.4. The zero-order valence-electron chi connectivity index (χ0n) is 11.9. The molecule has 0 aromatic carbocycles. The molecule has 18 heavy (non-hydrogen) atoms. The molecule has 1 heterocycles. The van der Waals surface area contributed by atoms with Crippen molar-refractivity contribution in [3.63, 3.8) is 0 Å². The summed E-state index contributed by atoms with van der Waals surface area (Å²) in [5, 5.41) is 3.25. The van der Waals surface area contributed by atoms with Gasteiger partial charge in [-0.2, -0.15) is 0 Å². The Hall–Kier alpha value is -0.620. The molecule has 6 heteroatoms. The molecule has 106 valence electrons. The van der Waals surface area contributed by atoms with E-state index in [9.17, 15) is 13.2 Å². The molecule has 0 aromatic rings. The minimum Gasteiger partial charge on any atom is -0.341 e. The monoisotopic (exact) mass is 276 g/mol. The van der Waals surface area contributed by atoms with Crippen LogP contribution in [0.25, 0.3) is 0 Å². The Balaban J connectivity index is 2.78. The molecule has 1 amide bonds. The van der Waals surface area contributed by atoms with Crippen molar-refractivity contribution in [1.29, 1.82) is 0 Å². The molecule has 5 nitrogen and oxygen atoms in total. The Bertz CT molecular complexity index is 421. The minimum atomic E-state index is -3.39. The van der Waals surface area contributed by atoms with E-state index in [2.05, 4.69) is 12.2 Å². The van der Waals surface area contributed by atoms with Gasteiger partial charge in [0.05, 0.1) is 0 Å². The number of carbonyl (C=O) groups excluding carboxylic acids is 1. The van der Waals surface area contributed by atoms with Crippen molar-refractivity contribution in [3.8, 4) is 0 Å². The van der Waals surface area contributed by atoms with Crippen LogP contribution >= 0.6 is 0 Å². The minimum absolute atomic E-state index is 0.0476. The predicted molar refractivity (Wildman–Crippen MR) is 72.2 cm³/mol. The smallest absolute Gasteiger partial charge is 0.243 e. The number of sulfone groups is 1. The standard InChI is InChI=1S/C12H24N2O3S/c1-11(2,18(5,16)17)10(15)14-8-6-12(3,13-4)7-9-14/h13H,6-9H2,1-5H3. The van der Waals surface area contributed by atoms with E-state index < -0.39 is 14.6 Å². The second-order valence-electron chi connectivity index (χ2n) is 5.89. The summed E-state index contributed by atoms with van der Waals surface area (Å²) in [6.07, 6.45) is 2.80. The van der Waals surface area contributed by atoms with Gasteiger partial charge in [-0.1, -0.05) is 0 Å². The molecular formula is C12H24N2O3S. The average Bonchev–Trinajstić information content (AvgIpc) is 2.27. The van der Waals surface area contributed by atoms with Gasteiger partial charge in [-0.15, -0.1) is 0 Å². The number of amides is 1. The van der Waals surface area contributed by atoms with Crippen LogP contribution in [0.1, 0.15) is 33.6 Å². The van der Waals surface area contributed by atoms with Crippen molar-refractivity contribution in [2.24, 2.45) is 0 Å². The SMILES string of the molecule is CNC1(C)CCN(C(=O)C(C)(C)S(C)(=O)=O)CC1. The number of hydrogen-bond donors (Lipinski definition) is 1. The van der Waals surface area contributed by atoms with Crippen LogP contribution in [0.2, 0.25) is 0 Å². The lowest BCUT2D eigenvalue weighted by Gasteiger charge is -2.41. The van der Waals surface area contributed by atoms with Gasteiger partial charge >= 0.3 is 0 Å². The van der Waals surface area contributed by atoms with Gasteiger partial charge < -0.3 is 10.2 Å². The number of likely N-dealkylation sites (tertiary alicyclic amines) is 1. The first-order valence-corrected chi connectivity index (χ1v) is 8.10. The van der Waals surface area contributed by atoms with E-state index in [1.165, 1.54) is 13.8 Å². The Morgan fingerprint density at radius 3 is 2.06 bits per heavy atom. The summed E-state index contributed by atoms with van der Waals surface area (Å²) < 4.78 is 22.0. The van der Waals surface area contributed by atoms with Gasteiger partial charge in [0.15, 0.2) is 9.84 Å². The third-order valence-corrected chi connectivity index (χ3v) is 6.23. The third kappa shape index (κ3) is 2.85. The van der Waals surface area contributed by atoms with Crippen molar-refractivity contribution in [1.82, 2.24) is 10.2 Å². The predicted octanol–water partition coefficient (Wildman–Crippen LogP) is 0.410. The number of nitrogens with one attached hydrogen (secondary N) is 1. The van der Waals surface area contributed by atoms with Crippen LogP contribution in [-0.2, 0) is 14.6 Å². The topological polar surface area (TPSA) is 66.5 Å². The summed E-state index contributed by atoms with van der Waals surface area (Å²) in [5.41, 5.74) is 0.0476. The summed E-state index contributed by atoms with van der Waals surface area (Å²) in [4.78, 5) is 14.0. The van der Waals surface area contributed by atoms with Crippen LogP contribution in [-0.4, -0.2) is 55.9 Å². The Morgan fingerprint density at radius 2 is 1.72 bits per heavy atom. The fraction of sp³-hybridized carbons (Fsp3) is 0.917. The highest BCUT2D eigenvalue weighted by Crippen LogP contribution is 2.25. The number of carbonyl (C=O) groups is 1. The number of nitrogens with zero attached hydrogens (tertiary/aromatic N) is 1. The molecule has 0 aromatic heterocycles. The average molecular weight is 276 g/mol. The van der Waals surface area contributed by atoms with Gasteiger partial charge in [0.1, 0.15) is 4.75 Å². The molecule has 0 radical (unpaired) electrons. The van der Waals surface area contributed by atoms with Crippen molar-refractivity contribution >= 4 is 15.7 Å². The zero-order valence-corrected chi connectivity index (χ0v) is 12.7. The van der Waals surface area contributed by atoms with Crippen molar-refractivity contribution in [3.05, 3.63) is 0 Å². The largest absolute Gasteiger partial charge is 0.341 e. The highest BCUT2D eigenvalue weighted by atomic mass is 32.2. The van der Waals surface area contributed by atoms with E-state index in [-0.39, 0.29) is 11.4 Å². The lowest BCUT2D eigenvalue weighted by Crippen LogP contribution is -2.56. The Morgan fingerprint density at radius 1 is 1.28 bits per heavy atom. The molecule has 1 saturated heterocycles. The van der Waals surface area contributed by atoms with Crippen LogP contribution in [0.5, 0.6) is 0 Å². The van der Waals surface area contributed by atoms with Gasteiger partial charge in [-0.25, -0.2) is 8.42 Å². The molecule has 1 aliphatic rings. The molecular weight excluding hydrogens is 252 g/mol. The van der Waals surface area contributed by atoms with E-state index >= 15 is 0 Å². The second kappa shape index (κ2) is 4.81. The Labute approximate surface area is 110 Å². The van der Waals surface area contributed by atoms with E-state index in [1.54, 1.807) is 4.90 Å². The van der Waals surface area contributed by atoms with E-state index in [1.807, 2.05) is 7.05 Å². The fourth-order valence-electron chi connectivity index (χ4n) is 1.99. The maximum Gasteiger partial charge on any atom is 0.243 e. The normalized spacial score (nSPS) is 20.8. The highest BCUT2D eigenvalue weighted by Gasteiger charge is 2.43. The molecule has 1 N–H and O–H groups in total.